The van der Waals surface area contributed by atoms with Gasteiger partial charge in [0.25, 0.3) is 0 Å². The monoisotopic (exact) mass is 206 g/mol. The highest BCUT2D eigenvalue weighted by Crippen LogP contribution is 2.07. The van der Waals surface area contributed by atoms with E-state index in [1.54, 1.807) is 18.0 Å². The molecule has 0 amide bonds. The maximum Gasteiger partial charge on any atom is 0.115 e. The van der Waals surface area contributed by atoms with Crippen molar-refractivity contribution in [3.63, 3.8) is 0 Å². The highest BCUT2D eigenvalue weighted by Gasteiger charge is 1.91. The lowest BCUT2D eigenvalue weighted by Gasteiger charge is -1.96. The van der Waals surface area contributed by atoms with Crippen molar-refractivity contribution in [3.05, 3.63) is 24.3 Å². The second-order valence-corrected chi connectivity index (χ2v) is 3.08. The summed E-state index contributed by atoms with van der Waals surface area (Å²) in [6.07, 6.45) is 3.26. The van der Waals surface area contributed by atoms with Crippen LogP contribution in [0.5, 0.6) is 0 Å². The maximum absolute atomic E-state index is 8.49. The first-order valence-corrected chi connectivity index (χ1v) is 4.52. The summed E-state index contributed by atoms with van der Waals surface area (Å²) in [6.45, 7) is 0.232. The van der Waals surface area contributed by atoms with Crippen molar-refractivity contribution in [3.8, 4) is 0 Å². The van der Waals surface area contributed by atoms with Crippen LogP contribution in [-0.2, 0) is 5.75 Å². The van der Waals surface area contributed by atoms with Gasteiger partial charge in [-0.3, -0.25) is 0 Å². The Morgan fingerprint density at radius 2 is 2.33 bits per heavy atom. The Kier molecular flexibility index (Phi) is 7.14. The van der Waals surface area contributed by atoms with E-state index in [2.05, 4.69) is 9.97 Å². The van der Waals surface area contributed by atoms with Gasteiger partial charge in [-0.15, -0.1) is 12.4 Å². The van der Waals surface area contributed by atoms with Gasteiger partial charge in [-0.25, -0.2) is 9.97 Å². The van der Waals surface area contributed by atoms with Crippen molar-refractivity contribution >= 4 is 24.2 Å². The van der Waals surface area contributed by atoms with E-state index < -0.39 is 0 Å². The van der Waals surface area contributed by atoms with Crippen LogP contribution in [0, 0.1) is 0 Å². The first-order valence-electron chi connectivity index (χ1n) is 3.37. The predicted octanol–water partition coefficient (Wildman–Crippen LogP) is 1.12. The van der Waals surface area contributed by atoms with Crippen LogP contribution in [0.2, 0.25) is 0 Å². The molecule has 0 saturated carbocycles. The molecule has 1 aromatic rings. The van der Waals surface area contributed by atoms with E-state index in [0.717, 1.165) is 17.2 Å². The molecule has 0 bridgehead atoms. The Morgan fingerprint density at radius 1 is 1.50 bits per heavy atom. The number of halogens is 1. The summed E-state index contributed by atoms with van der Waals surface area (Å²) in [5.74, 6) is 1.62. The highest BCUT2D eigenvalue weighted by molar-refractivity contribution is 7.98. The Hall–Kier alpha value is -0.320. The Morgan fingerprint density at radius 3 is 2.92 bits per heavy atom. The van der Waals surface area contributed by atoms with Gasteiger partial charge in [-0.05, 0) is 6.07 Å². The van der Waals surface area contributed by atoms with Crippen LogP contribution < -0.4 is 0 Å². The molecule has 0 radical (unpaired) electrons. The first kappa shape index (κ1) is 11.7. The van der Waals surface area contributed by atoms with Crippen LogP contribution in [0.4, 0.5) is 0 Å². The van der Waals surface area contributed by atoms with Crippen LogP contribution in [0.15, 0.2) is 18.6 Å². The molecule has 0 saturated heterocycles. The number of aliphatic hydroxyl groups excluding tert-OH is 1. The quantitative estimate of drug-likeness (QED) is 0.751. The van der Waals surface area contributed by atoms with Gasteiger partial charge >= 0.3 is 0 Å². The first-order chi connectivity index (χ1) is 5.43. The standard InChI is InChI=1S/C7H10N2OS.ClH/c10-3-4-11-5-7-1-2-8-6-9-7;/h1-2,6,10H,3-5H2;1H. The zero-order chi connectivity index (χ0) is 7.94. The molecule has 0 aliphatic heterocycles. The molecule has 0 aliphatic rings. The Labute approximate surface area is 82.0 Å². The van der Waals surface area contributed by atoms with E-state index in [-0.39, 0.29) is 19.0 Å². The number of aliphatic hydroxyl groups is 1. The van der Waals surface area contributed by atoms with E-state index in [9.17, 15) is 0 Å². The molecule has 12 heavy (non-hydrogen) atoms. The molecule has 0 fully saturated rings. The third kappa shape index (κ3) is 4.54. The Balaban J connectivity index is 0.00000121. The lowest BCUT2D eigenvalue weighted by molar-refractivity contribution is 0.322. The summed E-state index contributed by atoms with van der Waals surface area (Å²) < 4.78 is 0. The summed E-state index contributed by atoms with van der Waals surface area (Å²) in [4.78, 5) is 7.84. The van der Waals surface area contributed by atoms with Crippen LogP contribution in [-0.4, -0.2) is 27.4 Å². The van der Waals surface area contributed by atoms with Crippen molar-refractivity contribution in [2.75, 3.05) is 12.4 Å². The number of nitrogens with zero attached hydrogens (tertiary/aromatic N) is 2. The third-order valence-corrected chi connectivity index (χ3v) is 2.10. The fraction of sp³-hybridized carbons (Fsp3) is 0.429. The fourth-order valence-corrected chi connectivity index (χ4v) is 1.30. The summed E-state index contributed by atoms with van der Waals surface area (Å²) in [6, 6.07) is 1.88. The molecule has 0 spiro atoms. The lowest BCUT2D eigenvalue weighted by atomic mass is 10.5. The summed E-state index contributed by atoms with van der Waals surface area (Å²) in [7, 11) is 0. The van der Waals surface area contributed by atoms with Gasteiger partial charge in [0.2, 0.25) is 0 Å². The smallest absolute Gasteiger partial charge is 0.115 e. The zero-order valence-electron chi connectivity index (χ0n) is 6.51. The van der Waals surface area contributed by atoms with Gasteiger partial charge in [-0.2, -0.15) is 11.8 Å². The Bertz CT molecular complexity index is 198. The van der Waals surface area contributed by atoms with Gasteiger partial charge in [0, 0.05) is 17.7 Å². The highest BCUT2D eigenvalue weighted by atomic mass is 35.5. The molecule has 0 unspecified atom stereocenters. The number of aromatic nitrogens is 2. The topological polar surface area (TPSA) is 46.0 Å². The number of rotatable bonds is 4. The molecule has 1 aromatic heterocycles. The molecule has 0 atom stereocenters. The normalized spacial score (nSPS) is 9.08. The second kappa shape index (κ2) is 7.34. The number of hydrogen-bond donors (Lipinski definition) is 1. The number of hydrogen-bond acceptors (Lipinski definition) is 4. The van der Waals surface area contributed by atoms with Crippen LogP contribution >= 0.6 is 24.2 Å². The summed E-state index contributed by atoms with van der Waals surface area (Å²) >= 11 is 1.67. The van der Waals surface area contributed by atoms with E-state index in [4.69, 9.17) is 5.11 Å². The van der Waals surface area contributed by atoms with Crippen molar-refractivity contribution in [1.82, 2.24) is 9.97 Å². The van der Waals surface area contributed by atoms with Crippen molar-refractivity contribution in [2.24, 2.45) is 0 Å². The summed E-state index contributed by atoms with van der Waals surface area (Å²) in [5, 5.41) is 8.49. The molecule has 3 nitrogen and oxygen atoms in total. The largest absolute Gasteiger partial charge is 0.396 e. The summed E-state index contributed by atoms with van der Waals surface area (Å²) in [5.41, 5.74) is 1.01. The molecule has 0 aliphatic carbocycles. The molecule has 5 heteroatoms. The van der Waals surface area contributed by atoms with Gasteiger partial charge < -0.3 is 5.11 Å². The fourth-order valence-electron chi connectivity index (χ4n) is 0.645. The van der Waals surface area contributed by atoms with Gasteiger partial charge in [0.15, 0.2) is 0 Å². The van der Waals surface area contributed by atoms with Crippen LogP contribution in [0.1, 0.15) is 5.69 Å². The molecular formula is C7H11ClN2OS. The van der Waals surface area contributed by atoms with E-state index in [0.29, 0.717) is 0 Å². The van der Waals surface area contributed by atoms with Crippen LogP contribution in [0.3, 0.4) is 0 Å². The maximum atomic E-state index is 8.49. The molecule has 1 heterocycles. The van der Waals surface area contributed by atoms with Gasteiger partial charge in [0.05, 0.1) is 12.3 Å². The van der Waals surface area contributed by atoms with Gasteiger partial charge in [0.1, 0.15) is 6.33 Å². The van der Waals surface area contributed by atoms with Crippen molar-refractivity contribution < 1.29 is 5.11 Å². The van der Waals surface area contributed by atoms with E-state index >= 15 is 0 Å². The van der Waals surface area contributed by atoms with Crippen molar-refractivity contribution in [2.45, 2.75) is 5.75 Å². The van der Waals surface area contributed by atoms with Crippen molar-refractivity contribution in [1.29, 1.82) is 0 Å². The average Bonchev–Trinajstić information content (AvgIpc) is 2.07. The third-order valence-electron chi connectivity index (χ3n) is 1.13. The molecule has 1 N–H and O–H groups in total. The minimum atomic E-state index is 0. The van der Waals surface area contributed by atoms with E-state index in [1.807, 2.05) is 6.07 Å². The zero-order valence-corrected chi connectivity index (χ0v) is 8.14. The molecule has 1 rings (SSSR count). The predicted molar refractivity (Wildman–Crippen MR) is 52.5 cm³/mol. The number of thioether (sulfide) groups is 1. The van der Waals surface area contributed by atoms with Crippen LogP contribution in [0.25, 0.3) is 0 Å². The molecule has 68 valence electrons. The van der Waals surface area contributed by atoms with Gasteiger partial charge in [-0.1, -0.05) is 0 Å². The molecular weight excluding hydrogens is 196 g/mol. The SMILES string of the molecule is Cl.OCCSCc1ccncn1. The average molecular weight is 207 g/mol. The molecule has 0 aromatic carbocycles. The minimum Gasteiger partial charge on any atom is -0.396 e. The second-order valence-electron chi connectivity index (χ2n) is 1.98. The minimum absolute atomic E-state index is 0. The van der Waals surface area contributed by atoms with E-state index in [1.165, 1.54) is 6.33 Å². The lowest BCUT2D eigenvalue weighted by Crippen LogP contribution is -1.90.